The second-order valence-electron chi connectivity index (χ2n) is 5.51. The molecule has 132 valence electrons. The highest BCUT2D eigenvalue weighted by atomic mass is 35.5. The van der Waals surface area contributed by atoms with Crippen molar-refractivity contribution in [1.29, 1.82) is 0 Å². The molecule has 0 saturated heterocycles. The summed E-state index contributed by atoms with van der Waals surface area (Å²) in [6.45, 7) is 0.646. The molecule has 0 amide bonds. The SMILES string of the molecule is COc1ccc(CCNc2nc(Cl)c3nc(-c4ccco4)oc3n2)cc1. The maximum atomic E-state index is 6.21. The molecule has 0 saturated carbocycles. The van der Waals surface area contributed by atoms with Gasteiger partial charge < -0.3 is 18.9 Å². The average molecular weight is 371 g/mol. The van der Waals surface area contributed by atoms with Crippen LogP contribution in [-0.4, -0.2) is 28.6 Å². The van der Waals surface area contributed by atoms with Crippen LogP contribution in [0.25, 0.3) is 22.9 Å². The lowest BCUT2D eigenvalue weighted by Gasteiger charge is -2.06. The molecule has 3 aromatic heterocycles. The van der Waals surface area contributed by atoms with E-state index in [1.165, 1.54) is 5.56 Å². The summed E-state index contributed by atoms with van der Waals surface area (Å²) in [6.07, 6.45) is 2.35. The standard InChI is InChI=1S/C18H15ClN4O3/c1-24-12-6-4-11(5-7-12)8-9-20-18-22-15(19)14-17(23-18)26-16(21-14)13-3-2-10-25-13/h2-7,10H,8-9H2,1H3,(H,20,22,23). The van der Waals surface area contributed by atoms with E-state index in [4.69, 9.17) is 25.2 Å². The summed E-state index contributed by atoms with van der Waals surface area (Å²) in [6, 6.07) is 11.4. The highest BCUT2D eigenvalue weighted by Crippen LogP contribution is 2.27. The van der Waals surface area contributed by atoms with E-state index < -0.39 is 0 Å². The third kappa shape index (κ3) is 3.34. The van der Waals surface area contributed by atoms with E-state index in [1.807, 2.05) is 24.3 Å². The Kier molecular flexibility index (Phi) is 4.45. The predicted octanol–water partition coefficient (Wildman–Crippen LogP) is 4.19. The van der Waals surface area contributed by atoms with Crippen molar-refractivity contribution in [2.75, 3.05) is 19.0 Å². The molecule has 7 nitrogen and oxygen atoms in total. The zero-order valence-electron chi connectivity index (χ0n) is 13.9. The van der Waals surface area contributed by atoms with Crippen molar-refractivity contribution in [2.45, 2.75) is 6.42 Å². The van der Waals surface area contributed by atoms with Crippen molar-refractivity contribution in [2.24, 2.45) is 0 Å². The number of hydrogen-bond acceptors (Lipinski definition) is 7. The lowest BCUT2D eigenvalue weighted by Crippen LogP contribution is -2.08. The summed E-state index contributed by atoms with van der Waals surface area (Å²) < 4.78 is 16.1. The molecule has 4 rings (SSSR count). The zero-order valence-corrected chi connectivity index (χ0v) is 14.7. The molecule has 0 unspecified atom stereocenters. The van der Waals surface area contributed by atoms with Gasteiger partial charge in [-0.15, -0.1) is 0 Å². The molecule has 0 atom stereocenters. The molecule has 0 spiro atoms. The summed E-state index contributed by atoms with van der Waals surface area (Å²) in [5, 5.41) is 3.38. The molecule has 4 aromatic rings. The van der Waals surface area contributed by atoms with Gasteiger partial charge in [0.25, 0.3) is 11.6 Å². The van der Waals surface area contributed by atoms with Crippen molar-refractivity contribution >= 4 is 28.8 Å². The first-order chi connectivity index (χ1) is 12.7. The van der Waals surface area contributed by atoms with E-state index in [1.54, 1.807) is 25.5 Å². The van der Waals surface area contributed by atoms with Gasteiger partial charge in [0.2, 0.25) is 5.95 Å². The number of ether oxygens (including phenoxy) is 1. The van der Waals surface area contributed by atoms with E-state index in [0.717, 1.165) is 12.2 Å². The smallest absolute Gasteiger partial charge is 0.265 e. The first-order valence-corrected chi connectivity index (χ1v) is 8.35. The molecule has 26 heavy (non-hydrogen) atoms. The number of halogens is 1. The largest absolute Gasteiger partial charge is 0.497 e. The van der Waals surface area contributed by atoms with Gasteiger partial charge in [-0.1, -0.05) is 23.7 Å². The molecule has 8 heteroatoms. The highest BCUT2D eigenvalue weighted by molar-refractivity contribution is 6.33. The number of hydrogen-bond donors (Lipinski definition) is 1. The van der Waals surface area contributed by atoms with Gasteiger partial charge in [0.05, 0.1) is 13.4 Å². The number of nitrogens with zero attached hydrogens (tertiary/aromatic N) is 3. The lowest BCUT2D eigenvalue weighted by atomic mass is 10.1. The first-order valence-electron chi connectivity index (χ1n) is 7.97. The van der Waals surface area contributed by atoms with Gasteiger partial charge in [0, 0.05) is 6.54 Å². The van der Waals surface area contributed by atoms with Gasteiger partial charge in [0.15, 0.2) is 16.4 Å². The molecule has 3 heterocycles. The molecule has 0 bridgehead atoms. The van der Waals surface area contributed by atoms with Gasteiger partial charge in [-0.2, -0.15) is 9.97 Å². The summed E-state index contributed by atoms with van der Waals surface area (Å²) in [4.78, 5) is 12.8. The Bertz CT molecular complexity index is 1010. The van der Waals surface area contributed by atoms with Crippen molar-refractivity contribution in [3.63, 3.8) is 0 Å². The fourth-order valence-corrected chi connectivity index (χ4v) is 2.69. The second-order valence-corrected chi connectivity index (χ2v) is 5.87. The monoisotopic (exact) mass is 370 g/mol. The minimum Gasteiger partial charge on any atom is -0.497 e. The van der Waals surface area contributed by atoms with Crippen LogP contribution in [0.1, 0.15) is 5.56 Å². The van der Waals surface area contributed by atoms with Crippen LogP contribution in [0, 0.1) is 0 Å². The van der Waals surface area contributed by atoms with E-state index in [0.29, 0.717) is 35.4 Å². The van der Waals surface area contributed by atoms with Gasteiger partial charge in [-0.3, -0.25) is 0 Å². The number of oxazole rings is 1. The van der Waals surface area contributed by atoms with Crippen molar-refractivity contribution < 1.29 is 13.6 Å². The highest BCUT2D eigenvalue weighted by Gasteiger charge is 2.16. The van der Waals surface area contributed by atoms with Crippen LogP contribution in [0.3, 0.4) is 0 Å². The van der Waals surface area contributed by atoms with Crippen LogP contribution in [-0.2, 0) is 6.42 Å². The number of benzene rings is 1. The number of anilines is 1. The van der Waals surface area contributed by atoms with Crippen LogP contribution in [0.4, 0.5) is 5.95 Å². The fourth-order valence-electron chi connectivity index (χ4n) is 2.48. The van der Waals surface area contributed by atoms with Crippen molar-refractivity contribution in [1.82, 2.24) is 15.0 Å². The number of fused-ring (bicyclic) bond motifs is 1. The maximum absolute atomic E-state index is 6.21. The Balaban J connectivity index is 1.48. The Morgan fingerprint density at radius 1 is 1.12 bits per heavy atom. The van der Waals surface area contributed by atoms with Gasteiger partial charge >= 0.3 is 0 Å². The number of furan rings is 1. The summed E-state index contributed by atoms with van der Waals surface area (Å²) in [7, 11) is 1.65. The fraction of sp³-hybridized carbons (Fsp3) is 0.167. The van der Waals surface area contributed by atoms with Crippen LogP contribution < -0.4 is 10.1 Å². The normalized spacial score (nSPS) is 11.0. The van der Waals surface area contributed by atoms with Gasteiger partial charge in [-0.05, 0) is 36.2 Å². The van der Waals surface area contributed by atoms with Crippen LogP contribution in [0.15, 0.2) is 51.5 Å². The minimum atomic E-state index is 0.225. The van der Waals surface area contributed by atoms with E-state index in [2.05, 4.69) is 20.3 Å². The Morgan fingerprint density at radius 2 is 1.96 bits per heavy atom. The summed E-state index contributed by atoms with van der Waals surface area (Å²) in [5.74, 6) is 2.04. The molecule has 1 aromatic carbocycles. The van der Waals surface area contributed by atoms with E-state index >= 15 is 0 Å². The second kappa shape index (κ2) is 7.05. The third-order valence-electron chi connectivity index (χ3n) is 3.80. The van der Waals surface area contributed by atoms with Gasteiger partial charge in [-0.25, -0.2) is 4.98 Å². The first kappa shape index (κ1) is 16.4. The average Bonchev–Trinajstić information content (AvgIpc) is 3.32. The molecule has 1 N–H and O–H groups in total. The number of nitrogens with one attached hydrogen (secondary N) is 1. The van der Waals surface area contributed by atoms with E-state index in [-0.39, 0.29) is 5.15 Å². The van der Waals surface area contributed by atoms with Crippen molar-refractivity contribution in [3.05, 3.63) is 53.4 Å². The molecule has 0 aliphatic carbocycles. The van der Waals surface area contributed by atoms with Crippen molar-refractivity contribution in [3.8, 4) is 17.4 Å². The molecule has 0 fully saturated rings. The summed E-state index contributed by atoms with van der Waals surface area (Å²) in [5.41, 5.74) is 1.88. The van der Waals surface area contributed by atoms with E-state index in [9.17, 15) is 0 Å². The van der Waals surface area contributed by atoms with Crippen LogP contribution in [0.5, 0.6) is 5.75 Å². The zero-order chi connectivity index (χ0) is 17.9. The van der Waals surface area contributed by atoms with Crippen LogP contribution >= 0.6 is 11.6 Å². The quantitative estimate of drug-likeness (QED) is 0.509. The van der Waals surface area contributed by atoms with Crippen LogP contribution in [0.2, 0.25) is 5.15 Å². The molecular formula is C18H15ClN4O3. The Morgan fingerprint density at radius 3 is 2.69 bits per heavy atom. The summed E-state index contributed by atoms with van der Waals surface area (Å²) >= 11 is 6.21. The molecule has 0 aliphatic heterocycles. The Labute approximate surface area is 154 Å². The number of aromatic nitrogens is 3. The third-order valence-corrected chi connectivity index (χ3v) is 4.07. The molecule has 0 radical (unpaired) electrons. The lowest BCUT2D eigenvalue weighted by molar-refractivity contribution is 0.414. The molecule has 0 aliphatic rings. The maximum Gasteiger partial charge on any atom is 0.265 e. The number of rotatable bonds is 6. The number of methoxy groups -OCH3 is 1. The molecular weight excluding hydrogens is 356 g/mol. The van der Waals surface area contributed by atoms with Gasteiger partial charge in [0.1, 0.15) is 5.75 Å². The topological polar surface area (TPSA) is 86.2 Å². The minimum absolute atomic E-state index is 0.225. The Hall–Kier alpha value is -3.06. The predicted molar refractivity (Wildman–Crippen MR) is 97.5 cm³/mol.